The Balaban J connectivity index is 1.79. The summed E-state index contributed by atoms with van der Waals surface area (Å²) in [6.45, 7) is 4.52. The van der Waals surface area contributed by atoms with Crippen LogP contribution in [0.5, 0.6) is 0 Å². The highest BCUT2D eigenvalue weighted by Gasteiger charge is 2.48. The van der Waals surface area contributed by atoms with Crippen LogP contribution in [0, 0.1) is 11.3 Å². The largest absolute Gasteiger partial charge is 0.481 e. The van der Waals surface area contributed by atoms with Crippen LogP contribution in [0.3, 0.4) is 0 Å². The first-order valence-electron chi connectivity index (χ1n) is 7.11. The smallest absolute Gasteiger partial charge is 0.306 e. The monoisotopic (exact) mass is 271 g/mol. The van der Waals surface area contributed by atoms with Gasteiger partial charge in [0.2, 0.25) is 0 Å². The summed E-state index contributed by atoms with van der Waals surface area (Å²) in [6.07, 6.45) is 2.61. The summed E-state index contributed by atoms with van der Waals surface area (Å²) in [4.78, 5) is 10.9. The average molecular weight is 271 g/mol. The number of aliphatic hydroxyl groups is 2. The predicted molar refractivity (Wildman–Crippen MR) is 70.7 cm³/mol. The molecule has 0 saturated heterocycles. The van der Waals surface area contributed by atoms with E-state index in [0.717, 1.165) is 6.42 Å². The van der Waals surface area contributed by atoms with Crippen molar-refractivity contribution in [2.45, 2.75) is 63.7 Å². The van der Waals surface area contributed by atoms with E-state index in [2.05, 4.69) is 5.32 Å². The van der Waals surface area contributed by atoms with Crippen molar-refractivity contribution in [3.8, 4) is 0 Å². The minimum atomic E-state index is -0.789. The molecule has 0 aromatic rings. The van der Waals surface area contributed by atoms with E-state index in [-0.39, 0.29) is 23.5 Å². The Kier molecular flexibility index (Phi) is 3.91. The van der Waals surface area contributed by atoms with Crippen LogP contribution in [0.25, 0.3) is 0 Å². The van der Waals surface area contributed by atoms with Crippen LogP contribution in [-0.4, -0.2) is 45.6 Å². The van der Waals surface area contributed by atoms with Crippen LogP contribution in [0.15, 0.2) is 0 Å². The number of hydrogen-bond acceptors (Lipinski definition) is 4. The molecule has 4 N–H and O–H groups in total. The molecule has 2 atom stereocenters. The number of rotatable bonds is 4. The van der Waals surface area contributed by atoms with E-state index < -0.39 is 11.6 Å². The van der Waals surface area contributed by atoms with Crippen molar-refractivity contribution in [3.63, 3.8) is 0 Å². The molecule has 2 fully saturated rings. The summed E-state index contributed by atoms with van der Waals surface area (Å²) in [7, 11) is 0. The number of carboxylic acid groups (broad SMARTS) is 1. The van der Waals surface area contributed by atoms with Gasteiger partial charge in [0.1, 0.15) is 0 Å². The van der Waals surface area contributed by atoms with Crippen LogP contribution in [0.4, 0.5) is 0 Å². The number of nitrogens with one attached hydrogen (secondary N) is 1. The maximum Gasteiger partial charge on any atom is 0.306 e. The fourth-order valence-electron chi connectivity index (χ4n) is 3.14. The quantitative estimate of drug-likeness (QED) is 0.605. The van der Waals surface area contributed by atoms with Gasteiger partial charge in [-0.3, -0.25) is 4.79 Å². The fraction of sp³-hybridized carbons (Fsp3) is 0.929. The minimum Gasteiger partial charge on any atom is -0.481 e. The van der Waals surface area contributed by atoms with E-state index in [4.69, 9.17) is 5.11 Å². The van der Waals surface area contributed by atoms with Gasteiger partial charge < -0.3 is 20.6 Å². The number of aliphatic carboxylic acids is 1. The van der Waals surface area contributed by atoms with Gasteiger partial charge in [0, 0.05) is 18.0 Å². The van der Waals surface area contributed by atoms with Crippen molar-refractivity contribution in [1.29, 1.82) is 0 Å². The molecule has 0 aromatic carbocycles. The van der Waals surface area contributed by atoms with Gasteiger partial charge in [0.15, 0.2) is 0 Å². The lowest BCUT2D eigenvalue weighted by atomic mass is 9.64. The molecule has 2 unspecified atom stereocenters. The van der Waals surface area contributed by atoms with Gasteiger partial charge in [-0.15, -0.1) is 0 Å². The Morgan fingerprint density at radius 2 is 1.89 bits per heavy atom. The molecule has 110 valence electrons. The molecule has 2 saturated carbocycles. The van der Waals surface area contributed by atoms with E-state index in [1.165, 1.54) is 0 Å². The second kappa shape index (κ2) is 5.04. The molecule has 2 rings (SSSR count). The highest BCUT2D eigenvalue weighted by atomic mass is 16.4. The lowest BCUT2D eigenvalue weighted by Crippen LogP contribution is -2.62. The second-order valence-electron chi connectivity index (χ2n) is 6.84. The number of hydrogen-bond donors (Lipinski definition) is 4. The van der Waals surface area contributed by atoms with Crippen molar-refractivity contribution < 1.29 is 20.1 Å². The molecule has 0 radical (unpaired) electrons. The normalized spacial score (nSPS) is 41.6. The topological polar surface area (TPSA) is 89.8 Å². The third kappa shape index (κ3) is 2.93. The third-order valence-electron chi connectivity index (χ3n) is 5.16. The van der Waals surface area contributed by atoms with E-state index in [0.29, 0.717) is 32.2 Å². The number of aliphatic hydroxyl groups excluding tert-OH is 1. The van der Waals surface area contributed by atoms with E-state index in [9.17, 15) is 15.0 Å². The van der Waals surface area contributed by atoms with Gasteiger partial charge >= 0.3 is 5.97 Å². The van der Waals surface area contributed by atoms with Crippen molar-refractivity contribution >= 4 is 5.97 Å². The van der Waals surface area contributed by atoms with Crippen molar-refractivity contribution in [1.82, 2.24) is 5.32 Å². The molecule has 0 aromatic heterocycles. The highest BCUT2D eigenvalue weighted by molar-refractivity contribution is 5.70. The van der Waals surface area contributed by atoms with E-state index in [1.54, 1.807) is 0 Å². The van der Waals surface area contributed by atoms with Crippen LogP contribution in [0.2, 0.25) is 0 Å². The first-order chi connectivity index (χ1) is 8.74. The average Bonchev–Trinajstić information content (AvgIpc) is 2.34. The summed E-state index contributed by atoms with van der Waals surface area (Å²) < 4.78 is 0. The van der Waals surface area contributed by atoms with Gasteiger partial charge in [-0.2, -0.15) is 0 Å². The summed E-state index contributed by atoms with van der Waals surface area (Å²) in [5, 5.41) is 32.4. The summed E-state index contributed by atoms with van der Waals surface area (Å²) in [6, 6.07) is 0.226. The zero-order valence-electron chi connectivity index (χ0n) is 11.7. The summed E-state index contributed by atoms with van der Waals surface area (Å²) in [5.74, 6) is -1.06. The second-order valence-corrected chi connectivity index (χ2v) is 6.84. The van der Waals surface area contributed by atoms with Crippen LogP contribution in [0.1, 0.15) is 46.0 Å². The molecule has 19 heavy (non-hydrogen) atoms. The Morgan fingerprint density at radius 1 is 1.32 bits per heavy atom. The van der Waals surface area contributed by atoms with Gasteiger partial charge in [-0.1, -0.05) is 13.8 Å². The fourth-order valence-corrected chi connectivity index (χ4v) is 3.14. The summed E-state index contributed by atoms with van der Waals surface area (Å²) in [5.41, 5.74) is -0.933. The van der Waals surface area contributed by atoms with Crippen molar-refractivity contribution in [2.24, 2.45) is 11.3 Å². The molecule has 0 heterocycles. The molecule has 0 spiro atoms. The van der Waals surface area contributed by atoms with E-state index in [1.807, 2.05) is 13.8 Å². The van der Waals surface area contributed by atoms with E-state index >= 15 is 0 Å². The van der Waals surface area contributed by atoms with Crippen molar-refractivity contribution in [2.75, 3.05) is 6.54 Å². The SMILES string of the molecule is CC1(C)C(O)CC1NCC1(O)CCC(C(=O)O)CC1. The Morgan fingerprint density at radius 3 is 2.32 bits per heavy atom. The maximum absolute atomic E-state index is 10.9. The zero-order valence-corrected chi connectivity index (χ0v) is 11.7. The lowest BCUT2D eigenvalue weighted by molar-refractivity contribution is -0.145. The first kappa shape index (κ1) is 14.8. The Bertz CT molecular complexity index is 347. The molecule has 0 aliphatic heterocycles. The molecule has 5 nitrogen and oxygen atoms in total. The highest BCUT2D eigenvalue weighted by Crippen LogP contribution is 2.41. The van der Waals surface area contributed by atoms with Crippen molar-refractivity contribution in [3.05, 3.63) is 0 Å². The first-order valence-corrected chi connectivity index (χ1v) is 7.11. The zero-order chi connectivity index (χ0) is 14.3. The Labute approximate surface area is 114 Å². The van der Waals surface area contributed by atoms with Gasteiger partial charge in [0.05, 0.1) is 17.6 Å². The molecular formula is C14H25NO4. The van der Waals surface area contributed by atoms with Crippen LogP contribution >= 0.6 is 0 Å². The molecular weight excluding hydrogens is 246 g/mol. The number of carboxylic acids is 1. The molecule has 0 amide bonds. The standard InChI is InChI=1S/C14H25NO4/c1-13(2)10(7-11(13)16)15-8-14(19)5-3-9(4-6-14)12(17)18/h9-11,15-16,19H,3-8H2,1-2H3,(H,17,18). The maximum atomic E-state index is 10.9. The predicted octanol–water partition coefficient (Wildman–Crippen LogP) is 0.741. The molecule has 2 aliphatic carbocycles. The summed E-state index contributed by atoms with van der Waals surface area (Å²) >= 11 is 0. The van der Waals surface area contributed by atoms with Crippen LogP contribution < -0.4 is 5.32 Å². The molecule has 0 bridgehead atoms. The minimum absolute atomic E-state index is 0.144. The molecule has 5 heteroatoms. The molecule has 2 aliphatic rings. The van der Waals surface area contributed by atoms with Gasteiger partial charge in [0.25, 0.3) is 0 Å². The van der Waals surface area contributed by atoms with Crippen LogP contribution in [-0.2, 0) is 4.79 Å². The van der Waals surface area contributed by atoms with Gasteiger partial charge in [-0.25, -0.2) is 0 Å². The third-order valence-corrected chi connectivity index (χ3v) is 5.16. The van der Waals surface area contributed by atoms with Gasteiger partial charge in [-0.05, 0) is 32.1 Å². The number of carbonyl (C=O) groups is 1. The Hall–Kier alpha value is -0.650. The lowest BCUT2D eigenvalue weighted by Gasteiger charge is -2.50.